The zero-order chi connectivity index (χ0) is 22.6. The van der Waals surface area contributed by atoms with Crippen LogP contribution in [0.4, 0.5) is 0 Å². The summed E-state index contributed by atoms with van der Waals surface area (Å²) < 4.78 is 1.70. The Labute approximate surface area is 188 Å². The summed E-state index contributed by atoms with van der Waals surface area (Å²) in [5.74, 6) is 0.452. The highest BCUT2D eigenvalue weighted by molar-refractivity contribution is 5.73. The summed E-state index contributed by atoms with van der Waals surface area (Å²) in [6, 6.07) is 5.28. The predicted molar refractivity (Wildman–Crippen MR) is 122 cm³/mol. The Morgan fingerprint density at radius 2 is 1.94 bits per heavy atom. The molecule has 2 fully saturated rings. The topological polar surface area (TPSA) is 91.6 Å². The van der Waals surface area contributed by atoms with Crippen LogP contribution in [0.25, 0.3) is 11.3 Å². The Kier molecular flexibility index (Phi) is 7.01. The van der Waals surface area contributed by atoms with Gasteiger partial charge in [-0.3, -0.25) is 19.1 Å². The molecule has 0 saturated carbocycles. The van der Waals surface area contributed by atoms with Crippen LogP contribution in [0.1, 0.15) is 39.0 Å². The van der Waals surface area contributed by atoms with E-state index in [1.165, 1.54) is 0 Å². The summed E-state index contributed by atoms with van der Waals surface area (Å²) >= 11 is 0. The van der Waals surface area contributed by atoms with E-state index < -0.39 is 5.60 Å². The first-order chi connectivity index (χ1) is 15.4. The third-order valence-electron chi connectivity index (χ3n) is 6.79. The smallest absolute Gasteiger partial charge is 0.253 e. The van der Waals surface area contributed by atoms with Gasteiger partial charge in [0, 0.05) is 50.6 Å². The number of hydrogen-bond donors (Lipinski definition) is 1. The molecule has 0 bridgehead atoms. The lowest BCUT2D eigenvalue weighted by Crippen LogP contribution is -2.52. The van der Waals surface area contributed by atoms with Crippen molar-refractivity contribution in [1.29, 1.82) is 0 Å². The molecular formula is C24H33N5O3. The number of aromatic nitrogens is 3. The van der Waals surface area contributed by atoms with E-state index in [2.05, 4.69) is 14.9 Å². The van der Waals surface area contributed by atoms with Gasteiger partial charge in [0.2, 0.25) is 5.91 Å². The number of amides is 1. The van der Waals surface area contributed by atoms with Crippen LogP contribution in [0.5, 0.6) is 0 Å². The molecule has 4 rings (SSSR count). The van der Waals surface area contributed by atoms with Crippen molar-refractivity contribution in [3.05, 3.63) is 47.3 Å². The first-order valence-corrected chi connectivity index (χ1v) is 11.6. The summed E-state index contributed by atoms with van der Waals surface area (Å²) in [4.78, 5) is 37.0. The molecule has 2 aromatic rings. The van der Waals surface area contributed by atoms with Crippen LogP contribution in [0.2, 0.25) is 0 Å². The summed E-state index contributed by atoms with van der Waals surface area (Å²) in [5, 5.41) is 11.2. The van der Waals surface area contributed by atoms with Crippen molar-refractivity contribution in [2.24, 2.45) is 5.92 Å². The number of β-amino-alcohol motifs (C(OH)–C–C–N with tert-alkyl or cyclic N) is 1. The van der Waals surface area contributed by atoms with Crippen molar-refractivity contribution < 1.29 is 9.90 Å². The Morgan fingerprint density at radius 1 is 1.19 bits per heavy atom. The summed E-state index contributed by atoms with van der Waals surface area (Å²) in [6.45, 7) is 5.80. The van der Waals surface area contributed by atoms with Crippen molar-refractivity contribution in [1.82, 2.24) is 24.3 Å². The number of nitrogens with zero attached hydrogens (tertiary/aromatic N) is 5. The van der Waals surface area contributed by atoms with Crippen molar-refractivity contribution in [2.45, 2.75) is 51.2 Å². The van der Waals surface area contributed by atoms with Crippen LogP contribution in [0.15, 0.2) is 41.7 Å². The molecule has 1 amide bonds. The van der Waals surface area contributed by atoms with E-state index in [9.17, 15) is 14.7 Å². The molecule has 1 atom stereocenters. The molecule has 2 saturated heterocycles. The van der Waals surface area contributed by atoms with Crippen LogP contribution in [-0.2, 0) is 11.3 Å². The van der Waals surface area contributed by atoms with Crippen molar-refractivity contribution in [2.75, 3.05) is 32.7 Å². The van der Waals surface area contributed by atoms with Crippen LogP contribution >= 0.6 is 0 Å². The number of aliphatic hydroxyl groups is 1. The SMILES string of the molecule is CC(=O)N1CCCCC(O)(CN2CCC(Cn3cnc(-c4ccncc4)cc3=O)CC2)C1. The Morgan fingerprint density at radius 3 is 2.62 bits per heavy atom. The molecule has 32 heavy (non-hydrogen) atoms. The van der Waals surface area contributed by atoms with E-state index in [4.69, 9.17) is 0 Å². The lowest BCUT2D eigenvalue weighted by atomic mass is 9.92. The van der Waals surface area contributed by atoms with Gasteiger partial charge in [0.15, 0.2) is 0 Å². The van der Waals surface area contributed by atoms with Crippen LogP contribution in [0, 0.1) is 5.92 Å². The fourth-order valence-corrected chi connectivity index (χ4v) is 4.93. The highest BCUT2D eigenvalue weighted by Gasteiger charge is 2.35. The van der Waals surface area contributed by atoms with Gasteiger partial charge >= 0.3 is 0 Å². The van der Waals surface area contributed by atoms with E-state index >= 15 is 0 Å². The Balaban J connectivity index is 1.31. The number of hydrogen-bond acceptors (Lipinski definition) is 6. The van der Waals surface area contributed by atoms with Gasteiger partial charge < -0.3 is 14.9 Å². The van der Waals surface area contributed by atoms with Crippen molar-refractivity contribution in [3.8, 4) is 11.3 Å². The number of rotatable bonds is 5. The molecule has 2 aromatic heterocycles. The number of carbonyl (C=O) groups excluding carboxylic acids is 1. The highest BCUT2D eigenvalue weighted by atomic mass is 16.3. The zero-order valence-electron chi connectivity index (χ0n) is 18.8. The summed E-state index contributed by atoms with van der Waals surface area (Å²) in [6.07, 6.45) is 9.63. The maximum atomic E-state index is 12.6. The predicted octanol–water partition coefficient (Wildman–Crippen LogP) is 1.78. The second kappa shape index (κ2) is 9.92. The molecule has 0 aliphatic carbocycles. The van der Waals surface area contributed by atoms with Gasteiger partial charge in [-0.15, -0.1) is 0 Å². The largest absolute Gasteiger partial charge is 0.387 e. The molecule has 0 radical (unpaired) electrons. The van der Waals surface area contributed by atoms with Gasteiger partial charge in [-0.1, -0.05) is 0 Å². The second-order valence-corrected chi connectivity index (χ2v) is 9.34. The minimum absolute atomic E-state index is 0.0358. The molecule has 2 aliphatic heterocycles. The van der Waals surface area contributed by atoms with Gasteiger partial charge in [0.05, 0.1) is 24.2 Å². The van der Waals surface area contributed by atoms with Crippen LogP contribution < -0.4 is 5.56 Å². The second-order valence-electron chi connectivity index (χ2n) is 9.34. The summed E-state index contributed by atoms with van der Waals surface area (Å²) in [5.41, 5.74) is 0.682. The minimum atomic E-state index is -0.835. The third kappa shape index (κ3) is 5.61. The fraction of sp³-hybridized carbons (Fsp3) is 0.583. The van der Waals surface area contributed by atoms with E-state index in [0.717, 1.165) is 57.3 Å². The minimum Gasteiger partial charge on any atom is -0.387 e. The lowest BCUT2D eigenvalue weighted by molar-refractivity contribution is -0.132. The monoisotopic (exact) mass is 439 g/mol. The molecule has 0 aromatic carbocycles. The third-order valence-corrected chi connectivity index (χ3v) is 6.79. The Hall–Kier alpha value is -2.58. The van der Waals surface area contributed by atoms with Gasteiger partial charge in [0.25, 0.3) is 5.56 Å². The maximum Gasteiger partial charge on any atom is 0.253 e. The molecule has 2 aliphatic rings. The molecule has 172 valence electrons. The van der Waals surface area contributed by atoms with Gasteiger partial charge in [-0.05, 0) is 63.2 Å². The fourth-order valence-electron chi connectivity index (χ4n) is 4.93. The van der Waals surface area contributed by atoms with E-state index in [1.54, 1.807) is 41.2 Å². The van der Waals surface area contributed by atoms with Crippen LogP contribution in [-0.4, -0.2) is 73.7 Å². The van der Waals surface area contributed by atoms with E-state index in [-0.39, 0.29) is 11.5 Å². The van der Waals surface area contributed by atoms with Gasteiger partial charge in [0.1, 0.15) is 0 Å². The van der Waals surface area contributed by atoms with Crippen LogP contribution in [0.3, 0.4) is 0 Å². The maximum absolute atomic E-state index is 12.6. The first-order valence-electron chi connectivity index (χ1n) is 11.6. The molecular weight excluding hydrogens is 406 g/mol. The van der Waals surface area contributed by atoms with E-state index in [0.29, 0.717) is 31.2 Å². The van der Waals surface area contributed by atoms with E-state index in [1.807, 2.05) is 12.1 Å². The molecule has 4 heterocycles. The number of pyridine rings is 1. The van der Waals surface area contributed by atoms with Crippen molar-refractivity contribution >= 4 is 5.91 Å². The number of piperidine rings is 1. The lowest BCUT2D eigenvalue weighted by Gasteiger charge is -2.39. The number of carbonyl (C=O) groups is 1. The van der Waals surface area contributed by atoms with Gasteiger partial charge in [-0.2, -0.15) is 0 Å². The highest BCUT2D eigenvalue weighted by Crippen LogP contribution is 2.26. The van der Waals surface area contributed by atoms with Gasteiger partial charge in [-0.25, -0.2) is 4.98 Å². The number of likely N-dealkylation sites (tertiary alicyclic amines) is 2. The standard InChI is InChI=1S/C24H33N5O3/c1-19(30)28-11-3-2-8-24(32,17-28)16-27-12-6-20(7-13-27)15-29-18-26-22(14-23(29)31)21-4-9-25-10-5-21/h4-5,9-10,14,18,20,32H,2-3,6-8,11-13,15-17H2,1H3. The first kappa shape index (κ1) is 22.6. The molecule has 0 spiro atoms. The average molecular weight is 440 g/mol. The quantitative estimate of drug-likeness (QED) is 0.764. The molecule has 8 nitrogen and oxygen atoms in total. The molecule has 1 N–H and O–H groups in total. The summed E-state index contributed by atoms with van der Waals surface area (Å²) in [7, 11) is 0. The average Bonchev–Trinajstić information content (AvgIpc) is 2.99. The van der Waals surface area contributed by atoms with Crippen molar-refractivity contribution in [3.63, 3.8) is 0 Å². The molecule has 8 heteroatoms. The Bertz CT molecular complexity index is 971. The zero-order valence-corrected chi connectivity index (χ0v) is 18.8. The molecule has 1 unspecified atom stereocenters. The normalized spacial score (nSPS) is 23.1.